The van der Waals surface area contributed by atoms with Crippen LogP contribution in [0, 0.1) is 0 Å². The van der Waals surface area contributed by atoms with E-state index in [1.165, 1.54) is 0 Å². The molecule has 0 aliphatic carbocycles. The summed E-state index contributed by atoms with van der Waals surface area (Å²) in [7, 11) is 0. The number of fused-ring (bicyclic) bond motifs is 1. The molecule has 1 atom stereocenters. The van der Waals surface area contributed by atoms with Crippen LogP contribution in [-0.2, 0) is 11.2 Å². The van der Waals surface area contributed by atoms with Crippen molar-refractivity contribution in [3.8, 4) is 5.75 Å². The predicted molar refractivity (Wildman–Crippen MR) is 136 cm³/mol. The number of hydrogen-bond acceptors (Lipinski definition) is 3. The molecule has 5 nitrogen and oxygen atoms in total. The van der Waals surface area contributed by atoms with Gasteiger partial charge in [0.25, 0.3) is 11.8 Å². The second-order valence-corrected chi connectivity index (χ2v) is 8.05. The molecule has 0 heterocycles. The SMILES string of the molecule is CC[C@H](Oc1ccc2ccccc2c1)C(=O)Nc1ccccc1C(=O)NCCc1ccccc1. The van der Waals surface area contributed by atoms with Crippen molar-refractivity contribution in [3.63, 3.8) is 0 Å². The topological polar surface area (TPSA) is 67.4 Å². The Morgan fingerprint density at radius 3 is 2.32 bits per heavy atom. The van der Waals surface area contributed by atoms with Gasteiger partial charge in [0, 0.05) is 6.54 Å². The van der Waals surface area contributed by atoms with E-state index in [1.54, 1.807) is 24.3 Å². The number of para-hydroxylation sites is 1. The van der Waals surface area contributed by atoms with Crippen LogP contribution in [0.4, 0.5) is 5.69 Å². The molecule has 0 aliphatic heterocycles. The van der Waals surface area contributed by atoms with Crippen LogP contribution in [0.5, 0.6) is 5.75 Å². The van der Waals surface area contributed by atoms with Crippen LogP contribution in [0.25, 0.3) is 10.8 Å². The first kappa shape index (κ1) is 23.1. The lowest BCUT2D eigenvalue weighted by atomic mass is 10.1. The summed E-state index contributed by atoms with van der Waals surface area (Å²) in [6.07, 6.45) is 0.540. The van der Waals surface area contributed by atoms with Gasteiger partial charge in [0.2, 0.25) is 0 Å². The second-order valence-electron chi connectivity index (χ2n) is 8.05. The Kier molecular flexibility index (Phi) is 7.56. The summed E-state index contributed by atoms with van der Waals surface area (Å²) in [5.74, 6) is 0.114. The molecule has 0 saturated carbocycles. The van der Waals surface area contributed by atoms with Gasteiger partial charge < -0.3 is 15.4 Å². The minimum Gasteiger partial charge on any atom is -0.481 e. The molecule has 0 bridgehead atoms. The highest BCUT2D eigenvalue weighted by Gasteiger charge is 2.21. The molecule has 34 heavy (non-hydrogen) atoms. The summed E-state index contributed by atoms with van der Waals surface area (Å²) >= 11 is 0. The number of amides is 2. The van der Waals surface area contributed by atoms with E-state index in [9.17, 15) is 9.59 Å². The van der Waals surface area contributed by atoms with E-state index in [0.29, 0.717) is 30.0 Å². The van der Waals surface area contributed by atoms with Gasteiger partial charge in [0.05, 0.1) is 11.3 Å². The average Bonchev–Trinajstić information content (AvgIpc) is 2.88. The van der Waals surface area contributed by atoms with Crippen LogP contribution in [-0.4, -0.2) is 24.5 Å². The van der Waals surface area contributed by atoms with Gasteiger partial charge in [-0.15, -0.1) is 0 Å². The Morgan fingerprint density at radius 1 is 0.824 bits per heavy atom. The minimum atomic E-state index is -0.685. The lowest BCUT2D eigenvalue weighted by Crippen LogP contribution is -2.33. The summed E-state index contributed by atoms with van der Waals surface area (Å²) < 4.78 is 6.01. The quantitative estimate of drug-likeness (QED) is 0.347. The largest absolute Gasteiger partial charge is 0.481 e. The maximum atomic E-state index is 13.0. The van der Waals surface area contributed by atoms with Gasteiger partial charge in [0.15, 0.2) is 6.10 Å². The first-order valence-electron chi connectivity index (χ1n) is 11.5. The fourth-order valence-corrected chi connectivity index (χ4v) is 3.79. The first-order chi connectivity index (χ1) is 16.6. The fourth-order valence-electron chi connectivity index (χ4n) is 3.79. The third kappa shape index (κ3) is 5.81. The molecule has 5 heteroatoms. The number of anilines is 1. The van der Waals surface area contributed by atoms with E-state index in [0.717, 1.165) is 22.8 Å². The van der Waals surface area contributed by atoms with Crippen molar-refractivity contribution in [1.82, 2.24) is 5.32 Å². The predicted octanol–water partition coefficient (Wildman–Crippen LogP) is 5.61. The average molecular weight is 453 g/mol. The molecule has 0 fully saturated rings. The minimum absolute atomic E-state index is 0.227. The Labute approximate surface area is 199 Å². The third-order valence-electron chi connectivity index (χ3n) is 5.63. The summed E-state index contributed by atoms with van der Waals surface area (Å²) in [6, 6.07) is 30.8. The summed E-state index contributed by atoms with van der Waals surface area (Å²) in [5.41, 5.74) is 2.04. The zero-order chi connectivity index (χ0) is 23.8. The molecule has 0 aliphatic rings. The molecule has 2 N–H and O–H groups in total. The highest BCUT2D eigenvalue weighted by Crippen LogP contribution is 2.23. The smallest absolute Gasteiger partial charge is 0.265 e. The molecular formula is C29H28N2O3. The molecule has 0 spiro atoms. The van der Waals surface area contributed by atoms with Crippen LogP contribution in [0.1, 0.15) is 29.3 Å². The summed E-state index contributed by atoms with van der Waals surface area (Å²) in [6.45, 7) is 2.40. The van der Waals surface area contributed by atoms with E-state index in [-0.39, 0.29) is 11.8 Å². The number of benzene rings is 4. The van der Waals surface area contributed by atoms with Crippen molar-refractivity contribution in [2.75, 3.05) is 11.9 Å². The van der Waals surface area contributed by atoms with E-state index < -0.39 is 6.10 Å². The van der Waals surface area contributed by atoms with Gasteiger partial charge >= 0.3 is 0 Å². The van der Waals surface area contributed by atoms with Crippen molar-refractivity contribution >= 4 is 28.3 Å². The maximum absolute atomic E-state index is 13.0. The maximum Gasteiger partial charge on any atom is 0.265 e. The normalized spacial score (nSPS) is 11.6. The van der Waals surface area contributed by atoms with E-state index in [2.05, 4.69) is 10.6 Å². The zero-order valence-corrected chi connectivity index (χ0v) is 19.2. The Hall–Kier alpha value is -4.12. The summed E-state index contributed by atoms with van der Waals surface area (Å²) in [5, 5.41) is 7.98. The number of rotatable bonds is 9. The van der Waals surface area contributed by atoms with E-state index in [4.69, 9.17) is 4.74 Å². The summed E-state index contributed by atoms with van der Waals surface area (Å²) in [4.78, 5) is 25.8. The van der Waals surface area contributed by atoms with Gasteiger partial charge in [-0.2, -0.15) is 0 Å². The van der Waals surface area contributed by atoms with Gasteiger partial charge in [-0.3, -0.25) is 9.59 Å². The van der Waals surface area contributed by atoms with Crippen LogP contribution in [0.2, 0.25) is 0 Å². The molecule has 4 rings (SSSR count). The van der Waals surface area contributed by atoms with E-state index >= 15 is 0 Å². The van der Waals surface area contributed by atoms with Crippen LogP contribution in [0.3, 0.4) is 0 Å². The van der Waals surface area contributed by atoms with Gasteiger partial charge in [-0.1, -0.05) is 79.7 Å². The number of carbonyl (C=O) groups is 2. The van der Waals surface area contributed by atoms with Gasteiger partial charge in [-0.05, 0) is 53.4 Å². The Bertz CT molecular complexity index is 1270. The first-order valence-corrected chi connectivity index (χ1v) is 11.5. The monoisotopic (exact) mass is 452 g/mol. The van der Waals surface area contributed by atoms with Crippen molar-refractivity contribution in [3.05, 3.63) is 108 Å². The molecule has 0 unspecified atom stereocenters. The molecule has 2 amide bonds. The lowest BCUT2D eigenvalue weighted by molar-refractivity contribution is -0.122. The molecule has 172 valence electrons. The zero-order valence-electron chi connectivity index (χ0n) is 19.2. The molecule has 4 aromatic rings. The molecule has 0 aromatic heterocycles. The molecule has 0 radical (unpaired) electrons. The fraction of sp³-hybridized carbons (Fsp3) is 0.172. The van der Waals surface area contributed by atoms with Crippen LogP contribution in [0.15, 0.2) is 97.1 Å². The number of ether oxygens (including phenoxy) is 1. The van der Waals surface area contributed by atoms with Crippen LogP contribution >= 0.6 is 0 Å². The number of nitrogens with one attached hydrogen (secondary N) is 2. The number of hydrogen-bond donors (Lipinski definition) is 2. The Balaban J connectivity index is 1.40. The van der Waals surface area contributed by atoms with Crippen molar-refractivity contribution in [1.29, 1.82) is 0 Å². The highest BCUT2D eigenvalue weighted by atomic mass is 16.5. The second kappa shape index (κ2) is 11.1. The van der Waals surface area contributed by atoms with E-state index in [1.807, 2.05) is 79.7 Å². The molecule has 4 aromatic carbocycles. The van der Waals surface area contributed by atoms with Gasteiger partial charge in [-0.25, -0.2) is 0 Å². The lowest BCUT2D eigenvalue weighted by Gasteiger charge is -2.19. The Morgan fingerprint density at radius 2 is 1.53 bits per heavy atom. The van der Waals surface area contributed by atoms with Crippen LogP contribution < -0.4 is 15.4 Å². The number of carbonyl (C=O) groups excluding carboxylic acids is 2. The standard InChI is InChI=1S/C29H28N2O3/c1-2-27(34-24-17-16-22-12-6-7-13-23(22)20-24)29(33)31-26-15-9-8-14-25(26)28(32)30-19-18-21-10-4-3-5-11-21/h3-17,20,27H,2,18-19H2,1H3,(H,30,32)(H,31,33)/t27-/m0/s1. The van der Waals surface area contributed by atoms with Crippen molar-refractivity contribution in [2.24, 2.45) is 0 Å². The molecule has 0 saturated heterocycles. The molecular weight excluding hydrogens is 424 g/mol. The van der Waals surface area contributed by atoms with Crippen molar-refractivity contribution < 1.29 is 14.3 Å². The van der Waals surface area contributed by atoms with Crippen molar-refractivity contribution in [2.45, 2.75) is 25.9 Å². The third-order valence-corrected chi connectivity index (χ3v) is 5.63. The highest BCUT2D eigenvalue weighted by molar-refractivity contribution is 6.04. The van der Waals surface area contributed by atoms with Gasteiger partial charge in [0.1, 0.15) is 5.75 Å².